The van der Waals surface area contributed by atoms with Gasteiger partial charge in [-0.1, -0.05) is 32.1 Å². The van der Waals surface area contributed by atoms with Gasteiger partial charge in [0.15, 0.2) is 0 Å². The van der Waals surface area contributed by atoms with Gasteiger partial charge in [0, 0.05) is 32.1 Å². The second-order valence-corrected chi connectivity index (χ2v) is 7.58. The van der Waals surface area contributed by atoms with Gasteiger partial charge in [-0.3, -0.25) is 0 Å². The van der Waals surface area contributed by atoms with Crippen LogP contribution in [0.5, 0.6) is 0 Å². The Morgan fingerprint density at radius 3 is 2.45 bits per heavy atom. The lowest BCUT2D eigenvalue weighted by Crippen LogP contribution is -2.19. The Morgan fingerprint density at radius 2 is 1.64 bits per heavy atom. The molecule has 1 saturated heterocycles. The van der Waals surface area contributed by atoms with Gasteiger partial charge in [-0.15, -0.1) is 10.2 Å². The summed E-state index contributed by atoms with van der Waals surface area (Å²) in [5, 5.41) is 9.23. The molecular formula is C18H29N3O. The number of fused-ring (bicyclic) bond motifs is 1. The van der Waals surface area contributed by atoms with E-state index in [1.54, 1.807) is 0 Å². The molecule has 2 aliphatic heterocycles. The summed E-state index contributed by atoms with van der Waals surface area (Å²) >= 11 is 0. The summed E-state index contributed by atoms with van der Waals surface area (Å²) in [7, 11) is 0. The van der Waals surface area contributed by atoms with Gasteiger partial charge < -0.3 is 9.30 Å². The van der Waals surface area contributed by atoms with Crippen LogP contribution in [0.2, 0.25) is 0 Å². The molecule has 0 N–H and O–H groups in total. The Labute approximate surface area is 133 Å². The molecule has 1 aromatic rings. The molecule has 3 aliphatic rings. The van der Waals surface area contributed by atoms with Crippen LogP contribution in [0.15, 0.2) is 0 Å². The van der Waals surface area contributed by atoms with Gasteiger partial charge in [-0.25, -0.2) is 0 Å². The average molecular weight is 303 g/mol. The third-order valence-electron chi connectivity index (χ3n) is 6.13. The van der Waals surface area contributed by atoms with Crippen molar-refractivity contribution in [1.29, 1.82) is 0 Å². The lowest BCUT2D eigenvalue weighted by Gasteiger charge is -2.22. The highest BCUT2D eigenvalue weighted by Crippen LogP contribution is 2.64. The van der Waals surface area contributed by atoms with Crippen molar-refractivity contribution in [2.24, 2.45) is 5.41 Å². The fourth-order valence-corrected chi connectivity index (χ4v) is 4.52. The molecule has 0 radical (unpaired) electrons. The first-order valence-electron chi connectivity index (χ1n) is 9.39. The van der Waals surface area contributed by atoms with Crippen molar-refractivity contribution in [2.75, 3.05) is 13.2 Å². The minimum Gasteiger partial charge on any atom is -0.381 e. The molecule has 22 heavy (non-hydrogen) atoms. The Balaban J connectivity index is 1.52. The maximum absolute atomic E-state index is 5.56. The number of rotatable bonds is 1. The molecule has 4 rings (SSSR count). The van der Waals surface area contributed by atoms with Gasteiger partial charge in [-0.2, -0.15) is 0 Å². The largest absolute Gasteiger partial charge is 0.381 e. The predicted molar refractivity (Wildman–Crippen MR) is 85.9 cm³/mol. The van der Waals surface area contributed by atoms with Gasteiger partial charge in [-0.05, 0) is 37.5 Å². The molecule has 0 aromatic carbocycles. The van der Waals surface area contributed by atoms with Crippen molar-refractivity contribution < 1.29 is 4.74 Å². The molecule has 1 aliphatic carbocycles. The van der Waals surface area contributed by atoms with Crippen molar-refractivity contribution in [3.05, 3.63) is 11.6 Å². The summed E-state index contributed by atoms with van der Waals surface area (Å²) in [5.41, 5.74) is 0.508. The van der Waals surface area contributed by atoms with E-state index < -0.39 is 0 Å². The third-order valence-corrected chi connectivity index (χ3v) is 6.13. The van der Waals surface area contributed by atoms with Crippen LogP contribution in [-0.2, 0) is 17.7 Å². The van der Waals surface area contributed by atoms with Gasteiger partial charge in [0.05, 0.1) is 0 Å². The van der Waals surface area contributed by atoms with Crippen LogP contribution in [-0.4, -0.2) is 28.0 Å². The molecule has 1 aromatic heterocycles. The summed E-state index contributed by atoms with van der Waals surface area (Å²) in [5.74, 6) is 3.21. The quantitative estimate of drug-likeness (QED) is 0.791. The van der Waals surface area contributed by atoms with Crippen LogP contribution < -0.4 is 0 Å². The normalized spacial score (nSPS) is 28.8. The van der Waals surface area contributed by atoms with E-state index in [4.69, 9.17) is 4.74 Å². The zero-order chi connectivity index (χ0) is 14.8. The van der Waals surface area contributed by atoms with E-state index in [0.29, 0.717) is 11.3 Å². The maximum Gasteiger partial charge on any atom is 0.136 e. The van der Waals surface area contributed by atoms with Crippen LogP contribution in [0.25, 0.3) is 0 Å². The molecule has 1 saturated carbocycles. The highest BCUT2D eigenvalue weighted by Gasteiger charge is 2.57. The van der Waals surface area contributed by atoms with Gasteiger partial charge >= 0.3 is 0 Å². The van der Waals surface area contributed by atoms with Crippen LogP contribution in [0, 0.1) is 5.41 Å². The van der Waals surface area contributed by atoms with E-state index in [-0.39, 0.29) is 0 Å². The van der Waals surface area contributed by atoms with Crippen LogP contribution in [0.4, 0.5) is 0 Å². The van der Waals surface area contributed by atoms with Crippen molar-refractivity contribution in [3.8, 4) is 0 Å². The molecule has 122 valence electrons. The Bertz CT molecular complexity index is 504. The van der Waals surface area contributed by atoms with E-state index in [1.165, 1.54) is 75.9 Å². The first kappa shape index (κ1) is 14.7. The fraction of sp³-hybridized carbons (Fsp3) is 0.889. The lowest BCUT2D eigenvalue weighted by molar-refractivity contribution is 0.0552. The highest BCUT2D eigenvalue weighted by atomic mass is 16.5. The second kappa shape index (κ2) is 6.31. The molecule has 4 heteroatoms. The molecule has 1 spiro atoms. The third kappa shape index (κ3) is 2.82. The maximum atomic E-state index is 5.56. The van der Waals surface area contributed by atoms with Crippen LogP contribution in [0.3, 0.4) is 0 Å². The monoisotopic (exact) mass is 303 g/mol. The van der Waals surface area contributed by atoms with Crippen LogP contribution in [0.1, 0.15) is 81.8 Å². The number of aromatic nitrogens is 3. The van der Waals surface area contributed by atoms with Crippen LogP contribution >= 0.6 is 0 Å². The summed E-state index contributed by atoms with van der Waals surface area (Å²) in [6.45, 7) is 3.02. The Hall–Kier alpha value is -0.900. The number of hydrogen-bond donors (Lipinski definition) is 0. The standard InChI is InChI=1S/C18H29N3O/c1-2-4-6-8-16-19-20-17(21(16)11-7-5-3-1)15-14-18(15)9-12-22-13-10-18/h15H,1-14H2. The second-order valence-electron chi connectivity index (χ2n) is 7.58. The molecule has 4 nitrogen and oxygen atoms in total. The predicted octanol–water partition coefficient (Wildman–Crippen LogP) is 3.85. The van der Waals surface area contributed by atoms with E-state index >= 15 is 0 Å². The average Bonchev–Trinajstić information content (AvgIpc) is 3.08. The van der Waals surface area contributed by atoms with Gasteiger partial charge in [0.2, 0.25) is 0 Å². The molecular weight excluding hydrogens is 274 g/mol. The molecule has 1 unspecified atom stereocenters. The molecule has 0 amide bonds. The highest BCUT2D eigenvalue weighted by molar-refractivity contribution is 5.20. The van der Waals surface area contributed by atoms with E-state index in [0.717, 1.165) is 26.2 Å². The van der Waals surface area contributed by atoms with Crippen molar-refractivity contribution >= 4 is 0 Å². The molecule has 3 heterocycles. The minimum atomic E-state index is 0.508. The smallest absolute Gasteiger partial charge is 0.136 e. The minimum absolute atomic E-state index is 0.508. The first-order chi connectivity index (χ1) is 10.9. The zero-order valence-corrected chi connectivity index (χ0v) is 13.7. The molecule has 0 bridgehead atoms. The van der Waals surface area contributed by atoms with Crippen molar-refractivity contribution in [1.82, 2.24) is 14.8 Å². The van der Waals surface area contributed by atoms with Crippen molar-refractivity contribution in [2.45, 2.75) is 83.1 Å². The van der Waals surface area contributed by atoms with Gasteiger partial charge in [0.1, 0.15) is 11.6 Å². The summed E-state index contributed by atoms with van der Waals surface area (Å²) < 4.78 is 8.06. The fourth-order valence-electron chi connectivity index (χ4n) is 4.52. The van der Waals surface area contributed by atoms with Crippen molar-refractivity contribution in [3.63, 3.8) is 0 Å². The number of hydrogen-bond acceptors (Lipinski definition) is 3. The van der Waals surface area contributed by atoms with E-state index in [2.05, 4.69) is 14.8 Å². The van der Waals surface area contributed by atoms with Gasteiger partial charge in [0.25, 0.3) is 0 Å². The Kier molecular flexibility index (Phi) is 4.21. The topological polar surface area (TPSA) is 39.9 Å². The SMILES string of the molecule is C1CCCCc2nnc(C3CC34CCOCC4)n2CCCC1. The number of aryl methyl sites for hydroxylation is 1. The van der Waals surface area contributed by atoms with E-state index in [1.807, 2.05) is 0 Å². The summed E-state index contributed by atoms with van der Waals surface area (Å²) in [4.78, 5) is 0. The first-order valence-corrected chi connectivity index (χ1v) is 9.39. The summed E-state index contributed by atoms with van der Waals surface area (Å²) in [6, 6.07) is 0. The molecule has 1 atom stereocenters. The summed E-state index contributed by atoms with van der Waals surface area (Å²) in [6.07, 6.45) is 14.4. The number of nitrogens with zero attached hydrogens (tertiary/aromatic N) is 3. The number of ether oxygens (including phenoxy) is 1. The Morgan fingerprint density at radius 1 is 0.909 bits per heavy atom. The van der Waals surface area contributed by atoms with E-state index in [9.17, 15) is 0 Å². The lowest BCUT2D eigenvalue weighted by atomic mass is 9.93. The molecule has 2 fully saturated rings. The zero-order valence-electron chi connectivity index (χ0n) is 13.7.